The summed E-state index contributed by atoms with van der Waals surface area (Å²) in [6, 6.07) is 4.86. The van der Waals surface area contributed by atoms with Crippen LogP contribution in [0.15, 0.2) is 18.2 Å². The molecule has 0 fully saturated rings. The van der Waals surface area contributed by atoms with E-state index >= 15 is 0 Å². The molecule has 0 amide bonds. The SMILES string of the molecule is CC(C)CNCC(C)NCc1ccc(F)cc1Cl. The lowest BCUT2D eigenvalue weighted by atomic mass is 10.2. The summed E-state index contributed by atoms with van der Waals surface area (Å²) in [5, 5.41) is 7.23. The minimum atomic E-state index is -0.296. The first-order chi connectivity index (χ1) is 8.49. The lowest BCUT2D eigenvalue weighted by Crippen LogP contribution is -2.37. The number of rotatable bonds is 7. The highest BCUT2D eigenvalue weighted by Crippen LogP contribution is 2.16. The Bertz CT molecular complexity index is 369. The Labute approximate surface area is 114 Å². The smallest absolute Gasteiger partial charge is 0.124 e. The summed E-state index contributed by atoms with van der Waals surface area (Å²) in [6.45, 7) is 9.07. The Morgan fingerprint density at radius 2 is 1.94 bits per heavy atom. The third kappa shape index (κ3) is 5.80. The van der Waals surface area contributed by atoms with Gasteiger partial charge in [-0.15, -0.1) is 0 Å². The Morgan fingerprint density at radius 3 is 2.56 bits per heavy atom. The molecule has 1 unspecified atom stereocenters. The number of nitrogens with one attached hydrogen (secondary N) is 2. The Balaban J connectivity index is 2.31. The third-order valence-corrected chi connectivity index (χ3v) is 3.01. The van der Waals surface area contributed by atoms with E-state index in [0.29, 0.717) is 23.5 Å². The Hall–Kier alpha value is -0.640. The van der Waals surface area contributed by atoms with Crippen molar-refractivity contribution in [2.45, 2.75) is 33.4 Å². The predicted molar refractivity (Wildman–Crippen MR) is 75.4 cm³/mol. The van der Waals surface area contributed by atoms with Crippen LogP contribution in [-0.4, -0.2) is 19.1 Å². The van der Waals surface area contributed by atoms with Gasteiger partial charge in [-0.25, -0.2) is 4.39 Å². The van der Waals surface area contributed by atoms with Gasteiger partial charge in [-0.1, -0.05) is 31.5 Å². The summed E-state index contributed by atoms with van der Waals surface area (Å²) in [5.74, 6) is 0.360. The number of halogens is 2. The van der Waals surface area contributed by atoms with E-state index in [4.69, 9.17) is 11.6 Å². The van der Waals surface area contributed by atoms with Crippen LogP contribution in [-0.2, 0) is 6.54 Å². The van der Waals surface area contributed by atoms with Crippen molar-refractivity contribution in [3.8, 4) is 0 Å². The molecule has 0 saturated heterocycles. The molecule has 4 heteroatoms. The number of hydrogen-bond donors (Lipinski definition) is 2. The fourth-order valence-corrected chi connectivity index (χ4v) is 1.84. The highest BCUT2D eigenvalue weighted by Gasteiger charge is 2.05. The molecule has 1 rings (SSSR count). The van der Waals surface area contributed by atoms with Crippen LogP contribution < -0.4 is 10.6 Å². The summed E-state index contributed by atoms with van der Waals surface area (Å²) >= 11 is 5.96. The summed E-state index contributed by atoms with van der Waals surface area (Å²) in [6.07, 6.45) is 0. The van der Waals surface area contributed by atoms with Gasteiger partial charge >= 0.3 is 0 Å². The fourth-order valence-electron chi connectivity index (χ4n) is 1.61. The topological polar surface area (TPSA) is 24.1 Å². The molecule has 0 radical (unpaired) electrons. The van der Waals surface area contributed by atoms with Crippen LogP contribution in [0, 0.1) is 11.7 Å². The van der Waals surface area contributed by atoms with E-state index in [9.17, 15) is 4.39 Å². The minimum Gasteiger partial charge on any atom is -0.315 e. The summed E-state index contributed by atoms with van der Waals surface area (Å²) in [4.78, 5) is 0. The first-order valence-electron chi connectivity index (χ1n) is 6.37. The molecular formula is C14H22ClFN2. The maximum atomic E-state index is 12.9. The highest BCUT2D eigenvalue weighted by molar-refractivity contribution is 6.31. The Morgan fingerprint density at radius 1 is 1.22 bits per heavy atom. The molecule has 2 nitrogen and oxygen atoms in total. The molecule has 1 atom stereocenters. The van der Waals surface area contributed by atoms with Crippen molar-refractivity contribution in [2.75, 3.05) is 13.1 Å². The lowest BCUT2D eigenvalue weighted by molar-refractivity contribution is 0.472. The van der Waals surface area contributed by atoms with E-state index in [1.807, 2.05) is 0 Å². The maximum absolute atomic E-state index is 12.9. The number of hydrogen-bond acceptors (Lipinski definition) is 2. The summed E-state index contributed by atoms with van der Waals surface area (Å²) < 4.78 is 12.9. The van der Waals surface area contributed by atoms with E-state index in [1.165, 1.54) is 12.1 Å². The molecule has 0 saturated carbocycles. The molecule has 102 valence electrons. The zero-order valence-corrected chi connectivity index (χ0v) is 12.0. The summed E-state index contributed by atoms with van der Waals surface area (Å²) in [5.41, 5.74) is 0.925. The molecule has 0 heterocycles. The van der Waals surface area contributed by atoms with Gasteiger partial charge in [0, 0.05) is 24.2 Å². The molecule has 2 N–H and O–H groups in total. The monoisotopic (exact) mass is 272 g/mol. The van der Waals surface area contributed by atoms with E-state index in [0.717, 1.165) is 18.7 Å². The van der Waals surface area contributed by atoms with E-state index in [1.54, 1.807) is 6.07 Å². The standard InChI is InChI=1S/C14H22ClFN2/c1-10(2)7-17-8-11(3)18-9-12-4-5-13(16)6-14(12)15/h4-6,10-11,17-18H,7-9H2,1-3H3. The molecule has 1 aromatic carbocycles. The molecule has 0 spiro atoms. The van der Waals surface area contributed by atoms with Crippen LogP contribution in [0.2, 0.25) is 5.02 Å². The molecule has 0 aliphatic rings. The first-order valence-corrected chi connectivity index (χ1v) is 6.75. The quantitative estimate of drug-likeness (QED) is 0.797. The second-order valence-corrected chi connectivity index (χ2v) is 5.48. The van der Waals surface area contributed by atoms with Gasteiger partial charge < -0.3 is 10.6 Å². The van der Waals surface area contributed by atoms with Gasteiger partial charge in [0.05, 0.1) is 0 Å². The highest BCUT2D eigenvalue weighted by atomic mass is 35.5. The number of benzene rings is 1. The van der Waals surface area contributed by atoms with Crippen molar-refractivity contribution in [3.63, 3.8) is 0 Å². The van der Waals surface area contributed by atoms with Gasteiger partial charge in [-0.3, -0.25) is 0 Å². The van der Waals surface area contributed by atoms with E-state index in [2.05, 4.69) is 31.4 Å². The fraction of sp³-hybridized carbons (Fsp3) is 0.571. The van der Waals surface area contributed by atoms with Crippen LogP contribution >= 0.6 is 11.6 Å². The van der Waals surface area contributed by atoms with Gasteiger partial charge in [-0.05, 0) is 37.1 Å². The molecule has 0 bridgehead atoms. The zero-order valence-electron chi connectivity index (χ0n) is 11.3. The lowest BCUT2D eigenvalue weighted by Gasteiger charge is -2.16. The maximum Gasteiger partial charge on any atom is 0.124 e. The average molecular weight is 273 g/mol. The minimum absolute atomic E-state index is 0.296. The van der Waals surface area contributed by atoms with Gasteiger partial charge in [0.15, 0.2) is 0 Å². The van der Waals surface area contributed by atoms with Gasteiger partial charge in [-0.2, -0.15) is 0 Å². The van der Waals surface area contributed by atoms with Crippen molar-refractivity contribution >= 4 is 11.6 Å². The zero-order chi connectivity index (χ0) is 13.5. The van der Waals surface area contributed by atoms with Crippen LogP contribution in [0.3, 0.4) is 0 Å². The van der Waals surface area contributed by atoms with Crippen molar-refractivity contribution in [2.24, 2.45) is 5.92 Å². The van der Waals surface area contributed by atoms with Crippen molar-refractivity contribution < 1.29 is 4.39 Å². The molecule has 0 aliphatic heterocycles. The largest absolute Gasteiger partial charge is 0.315 e. The van der Waals surface area contributed by atoms with E-state index in [-0.39, 0.29) is 5.82 Å². The van der Waals surface area contributed by atoms with Crippen LogP contribution in [0.1, 0.15) is 26.3 Å². The first kappa shape index (κ1) is 15.4. The van der Waals surface area contributed by atoms with Crippen molar-refractivity contribution in [3.05, 3.63) is 34.6 Å². The van der Waals surface area contributed by atoms with Gasteiger partial charge in [0.25, 0.3) is 0 Å². The molecule has 0 aromatic heterocycles. The summed E-state index contributed by atoms with van der Waals surface area (Å²) in [7, 11) is 0. The van der Waals surface area contributed by atoms with E-state index < -0.39 is 0 Å². The van der Waals surface area contributed by atoms with Crippen molar-refractivity contribution in [1.29, 1.82) is 0 Å². The normalized spacial score (nSPS) is 13.0. The molecule has 0 aliphatic carbocycles. The second kappa shape index (κ2) is 7.72. The second-order valence-electron chi connectivity index (χ2n) is 5.07. The van der Waals surface area contributed by atoms with Crippen LogP contribution in [0.4, 0.5) is 4.39 Å². The van der Waals surface area contributed by atoms with Crippen LogP contribution in [0.5, 0.6) is 0 Å². The van der Waals surface area contributed by atoms with Gasteiger partial charge in [0.2, 0.25) is 0 Å². The molecular weight excluding hydrogens is 251 g/mol. The predicted octanol–water partition coefficient (Wildman–Crippen LogP) is 3.20. The Kier molecular flexibility index (Phi) is 6.61. The molecule has 1 aromatic rings. The van der Waals surface area contributed by atoms with Crippen LogP contribution in [0.25, 0.3) is 0 Å². The van der Waals surface area contributed by atoms with Gasteiger partial charge in [0.1, 0.15) is 5.82 Å². The third-order valence-electron chi connectivity index (χ3n) is 2.66. The molecule has 18 heavy (non-hydrogen) atoms. The van der Waals surface area contributed by atoms with Crippen molar-refractivity contribution in [1.82, 2.24) is 10.6 Å². The average Bonchev–Trinajstić information content (AvgIpc) is 2.27.